The zero-order valence-corrected chi connectivity index (χ0v) is 14.8. The molecule has 2 aromatic carbocycles. The molecule has 0 radical (unpaired) electrons. The molecule has 0 aliphatic rings. The summed E-state index contributed by atoms with van der Waals surface area (Å²) in [5, 5.41) is 2.49. The van der Waals surface area contributed by atoms with Crippen LogP contribution >= 0.6 is 12.2 Å². The Morgan fingerprint density at radius 3 is 2.36 bits per heavy atom. The predicted molar refractivity (Wildman–Crippen MR) is 99.5 cm³/mol. The lowest BCUT2D eigenvalue weighted by Gasteiger charge is -2.11. The number of hydrogen-bond acceptors (Lipinski definition) is 4. The van der Waals surface area contributed by atoms with Crippen molar-refractivity contribution in [3.8, 4) is 5.75 Å². The molecule has 0 aliphatic heterocycles. The summed E-state index contributed by atoms with van der Waals surface area (Å²) in [7, 11) is 0. The summed E-state index contributed by atoms with van der Waals surface area (Å²) in [5.41, 5.74) is 6.85. The topological polar surface area (TPSA) is 79.5 Å². The Hall–Kier alpha value is -2.93. The van der Waals surface area contributed by atoms with E-state index in [2.05, 4.69) is 16.2 Å². The van der Waals surface area contributed by atoms with Crippen molar-refractivity contribution >= 4 is 29.1 Å². The Morgan fingerprint density at radius 1 is 1.00 bits per heavy atom. The van der Waals surface area contributed by atoms with Crippen LogP contribution in [-0.4, -0.2) is 23.5 Å². The van der Waals surface area contributed by atoms with E-state index in [1.807, 2.05) is 19.9 Å². The fraction of sp³-hybridized carbons (Fsp3) is 0.167. The Balaban J connectivity index is 1.85. The molecule has 0 atom stereocenters. The van der Waals surface area contributed by atoms with E-state index in [1.54, 1.807) is 42.5 Å². The van der Waals surface area contributed by atoms with Gasteiger partial charge in [0.25, 0.3) is 11.8 Å². The molecule has 2 aromatic rings. The molecule has 130 valence electrons. The van der Waals surface area contributed by atoms with Crippen LogP contribution in [0.15, 0.2) is 48.5 Å². The molecule has 3 N–H and O–H groups in total. The van der Waals surface area contributed by atoms with Gasteiger partial charge < -0.3 is 4.74 Å². The molecule has 0 aliphatic carbocycles. The molecule has 6 nitrogen and oxygen atoms in total. The number of nitrogens with one attached hydrogen (secondary N) is 3. The van der Waals surface area contributed by atoms with Gasteiger partial charge in [-0.3, -0.25) is 25.8 Å². The van der Waals surface area contributed by atoms with E-state index in [4.69, 9.17) is 17.0 Å². The molecular formula is C18H19N3O3S. The minimum atomic E-state index is -0.384. The molecule has 25 heavy (non-hydrogen) atoms. The summed E-state index contributed by atoms with van der Waals surface area (Å²) in [4.78, 5) is 24.1. The van der Waals surface area contributed by atoms with Gasteiger partial charge in [-0.15, -0.1) is 0 Å². The maximum atomic E-state index is 12.1. The lowest BCUT2D eigenvalue weighted by molar-refractivity contribution is 0.0934. The summed E-state index contributed by atoms with van der Waals surface area (Å²) in [5.74, 6) is -0.0445. The molecule has 0 bridgehead atoms. The third-order valence-corrected chi connectivity index (χ3v) is 3.43. The van der Waals surface area contributed by atoms with Crippen molar-refractivity contribution in [1.29, 1.82) is 0 Å². The van der Waals surface area contributed by atoms with Crippen molar-refractivity contribution < 1.29 is 14.3 Å². The van der Waals surface area contributed by atoms with Gasteiger partial charge in [0.05, 0.1) is 6.61 Å². The van der Waals surface area contributed by atoms with Crippen LogP contribution in [0.2, 0.25) is 0 Å². The minimum absolute atomic E-state index is 0.000104. The SMILES string of the molecule is CCOc1ccc(C(=O)NC(=S)NNC(=O)c2cccc(C)c2)cc1. The summed E-state index contributed by atoms with van der Waals surface area (Å²) in [6.07, 6.45) is 0. The van der Waals surface area contributed by atoms with Gasteiger partial charge in [-0.25, -0.2) is 0 Å². The third-order valence-electron chi connectivity index (χ3n) is 3.22. The van der Waals surface area contributed by atoms with Gasteiger partial charge in [0.2, 0.25) is 0 Å². The number of aryl methyl sites for hydroxylation is 1. The quantitative estimate of drug-likeness (QED) is 0.578. The molecule has 0 spiro atoms. The Bertz CT molecular complexity index is 775. The van der Waals surface area contributed by atoms with Crippen molar-refractivity contribution in [1.82, 2.24) is 16.2 Å². The molecule has 0 saturated heterocycles. The van der Waals surface area contributed by atoms with Crippen LogP contribution in [0.3, 0.4) is 0 Å². The van der Waals surface area contributed by atoms with Gasteiger partial charge in [0.1, 0.15) is 5.75 Å². The van der Waals surface area contributed by atoms with Crippen LogP contribution in [0.5, 0.6) is 5.75 Å². The minimum Gasteiger partial charge on any atom is -0.494 e. The van der Waals surface area contributed by atoms with Crippen molar-refractivity contribution in [2.45, 2.75) is 13.8 Å². The number of amides is 2. The first-order valence-electron chi connectivity index (χ1n) is 7.71. The molecule has 0 fully saturated rings. The molecule has 0 unspecified atom stereocenters. The first-order chi connectivity index (χ1) is 12.0. The maximum absolute atomic E-state index is 12.1. The Morgan fingerprint density at radius 2 is 1.72 bits per heavy atom. The summed E-state index contributed by atoms with van der Waals surface area (Å²) in [6.45, 7) is 4.34. The van der Waals surface area contributed by atoms with E-state index >= 15 is 0 Å². The Labute approximate surface area is 151 Å². The highest BCUT2D eigenvalue weighted by atomic mass is 32.1. The second kappa shape index (κ2) is 8.79. The fourth-order valence-corrected chi connectivity index (χ4v) is 2.19. The average Bonchev–Trinajstić information content (AvgIpc) is 2.60. The van der Waals surface area contributed by atoms with Crippen LogP contribution in [0.1, 0.15) is 33.2 Å². The largest absolute Gasteiger partial charge is 0.494 e. The summed E-state index contributed by atoms with van der Waals surface area (Å²) >= 11 is 5.01. The second-order valence-corrected chi connectivity index (χ2v) is 5.60. The van der Waals surface area contributed by atoms with Gasteiger partial charge >= 0.3 is 0 Å². The van der Waals surface area contributed by atoms with Crippen molar-refractivity contribution in [2.24, 2.45) is 0 Å². The monoisotopic (exact) mass is 357 g/mol. The molecule has 0 heterocycles. The summed E-state index contributed by atoms with van der Waals surface area (Å²) in [6, 6.07) is 13.8. The first-order valence-corrected chi connectivity index (χ1v) is 8.11. The van der Waals surface area contributed by atoms with E-state index in [0.717, 1.165) is 5.56 Å². The van der Waals surface area contributed by atoms with Crippen LogP contribution in [0.25, 0.3) is 0 Å². The Kier molecular flexibility index (Phi) is 6.47. The zero-order valence-electron chi connectivity index (χ0n) is 14.0. The predicted octanol–water partition coefficient (Wildman–Crippen LogP) is 2.34. The summed E-state index contributed by atoms with van der Waals surface area (Å²) < 4.78 is 5.32. The molecule has 0 saturated carbocycles. The zero-order chi connectivity index (χ0) is 18.2. The van der Waals surface area contributed by atoms with E-state index in [0.29, 0.717) is 23.5 Å². The second-order valence-electron chi connectivity index (χ2n) is 5.19. The van der Waals surface area contributed by atoms with Crippen molar-refractivity contribution in [3.05, 3.63) is 65.2 Å². The molecule has 7 heteroatoms. The lowest BCUT2D eigenvalue weighted by atomic mass is 10.1. The van der Waals surface area contributed by atoms with Crippen molar-refractivity contribution in [3.63, 3.8) is 0 Å². The molecule has 2 amide bonds. The number of benzene rings is 2. The number of hydrogen-bond donors (Lipinski definition) is 3. The smallest absolute Gasteiger partial charge is 0.269 e. The maximum Gasteiger partial charge on any atom is 0.269 e. The number of rotatable bonds is 4. The number of thiocarbonyl (C=S) groups is 1. The van der Waals surface area contributed by atoms with Gasteiger partial charge in [-0.05, 0) is 62.5 Å². The fourth-order valence-electron chi connectivity index (χ4n) is 2.05. The van der Waals surface area contributed by atoms with Crippen LogP contribution < -0.4 is 20.9 Å². The van der Waals surface area contributed by atoms with Crippen LogP contribution in [0, 0.1) is 6.92 Å². The third kappa shape index (κ3) is 5.58. The standard InChI is InChI=1S/C18H19N3O3S/c1-3-24-15-9-7-13(8-10-15)16(22)19-18(25)21-20-17(23)14-6-4-5-12(2)11-14/h4-11H,3H2,1-2H3,(H,20,23)(H2,19,21,22,25). The van der Waals surface area contributed by atoms with Crippen LogP contribution in [0.4, 0.5) is 0 Å². The van der Waals surface area contributed by atoms with Gasteiger partial charge in [-0.1, -0.05) is 17.7 Å². The van der Waals surface area contributed by atoms with Gasteiger partial charge in [0.15, 0.2) is 5.11 Å². The molecule has 2 rings (SSSR count). The highest BCUT2D eigenvalue weighted by molar-refractivity contribution is 7.80. The first kappa shape index (κ1) is 18.4. The van der Waals surface area contributed by atoms with Crippen LogP contribution in [-0.2, 0) is 0 Å². The van der Waals surface area contributed by atoms with Gasteiger partial charge in [-0.2, -0.15) is 0 Å². The normalized spacial score (nSPS) is 9.84. The van der Waals surface area contributed by atoms with E-state index < -0.39 is 0 Å². The lowest BCUT2D eigenvalue weighted by Crippen LogP contribution is -2.48. The number of carbonyl (C=O) groups is 2. The van der Waals surface area contributed by atoms with Gasteiger partial charge in [0, 0.05) is 11.1 Å². The van der Waals surface area contributed by atoms with E-state index in [-0.39, 0.29) is 16.9 Å². The number of ether oxygens (including phenoxy) is 1. The van der Waals surface area contributed by atoms with E-state index in [9.17, 15) is 9.59 Å². The molecular weight excluding hydrogens is 338 g/mol. The average molecular weight is 357 g/mol. The van der Waals surface area contributed by atoms with E-state index in [1.165, 1.54) is 0 Å². The molecule has 0 aromatic heterocycles. The number of carbonyl (C=O) groups excluding carboxylic acids is 2. The highest BCUT2D eigenvalue weighted by Crippen LogP contribution is 2.11. The van der Waals surface area contributed by atoms with Crippen molar-refractivity contribution in [2.75, 3.05) is 6.61 Å². The number of hydrazine groups is 1. The highest BCUT2D eigenvalue weighted by Gasteiger charge is 2.10.